The molecular weight excluding hydrogens is 284 g/mol. The number of rotatable bonds is 3. The zero-order valence-corrected chi connectivity index (χ0v) is 12.7. The predicted octanol–water partition coefficient (Wildman–Crippen LogP) is 1.93. The van der Waals surface area contributed by atoms with Gasteiger partial charge in [0.15, 0.2) is 0 Å². The minimum atomic E-state index is -0.0217. The third kappa shape index (κ3) is 3.28. The zero-order valence-electron chi connectivity index (χ0n) is 11.9. The predicted molar refractivity (Wildman–Crippen MR) is 83.2 cm³/mol. The molecular formula is C15H18N4OS. The molecule has 0 aromatic carbocycles. The minimum Gasteiger partial charge on any atom is -0.348 e. The Kier molecular flexibility index (Phi) is 4.26. The summed E-state index contributed by atoms with van der Waals surface area (Å²) in [5.74, 6) is 0.432. The molecule has 2 N–H and O–H groups in total. The van der Waals surface area contributed by atoms with Gasteiger partial charge in [-0.1, -0.05) is 6.92 Å². The van der Waals surface area contributed by atoms with Crippen molar-refractivity contribution in [3.8, 4) is 10.6 Å². The second kappa shape index (κ2) is 6.32. The van der Waals surface area contributed by atoms with Crippen LogP contribution < -0.4 is 10.6 Å². The molecule has 0 bridgehead atoms. The molecule has 1 amide bonds. The monoisotopic (exact) mass is 302 g/mol. The average Bonchev–Trinajstić information content (AvgIpc) is 3.00. The smallest absolute Gasteiger partial charge is 0.263 e. The molecule has 0 radical (unpaired) electrons. The van der Waals surface area contributed by atoms with E-state index in [0.717, 1.165) is 30.1 Å². The lowest BCUT2D eigenvalue weighted by atomic mass is 9.95. The molecule has 0 aliphatic carbocycles. The van der Waals surface area contributed by atoms with Gasteiger partial charge in [-0.25, -0.2) is 4.98 Å². The molecule has 1 aliphatic heterocycles. The van der Waals surface area contributed by atoms with Gasteiger partial charge >= 0.3 is 0 Å². The SMILES string of the molecule is CC1CNCCC1NC(=O)c1cnc(-c2ccncc2)s1. The molecule has 0 saturated carbocycles. The second-order valence-electron chi connectivity index (χ2n) is 5.32. The molecule has 5 nitrogen and oxygen atoms in total. The van der Waals surface area contributed by atoms with Gasteiger partial charge < -0.3 is 10.6 Å². The Balaban J connectivity index is 1.69. The maximum atomic E-state index is 12.3. The lowest BCUT2D eigenvalue weighted by molar-refractivity contribution is 0.0918. The number of nitrogens with zero attached hydrogens (tertiary/aromatic N) is 2. The number of hydrogen-bond acceptors (Lipinski definition) is 5. The molecule has 0 spiro atoms. The number of carbonyl (C=O) groups is 1. The van der Waals surface area contributed by atoms with Gasteiger partial charge in [-0.2, -0.15) is 0 Å². The van der Waals surface area contributed by atoms with Crippen molar-refractivity contribution in [1.82, 2.24) is 20.6 Å². The standard InChI is InChI=1S/C15H18N4OS/c1-10-8-17-7-4-12(10)19-14(20)13-9-18-15(21-13)11-2-5-16-6-3-11/h2-3,5-6,9-10,12,17H,4,7-8H2,1H3,(H,19,20). The number of aromatic nitrogens is 2. The highest BCUT2D eigenvalue weighted by Crippen LogP contribution is 2.24. The Morgan fingerprint density at radius 2 is 2.24 bits per heavy atom. The summed E-state index contributed by atoms with van der Waals surface area (Å²) in [5, 5.41) is 7.31. The molecule has 110 valence electrons. The molecule has 3 rings (SSSR count). The summed E-state index contributed by atoms with van der Waals surface area (Å²) < 4.78 is 0. The fraction of sp³-hybridized carbons (Fsp3) is 0.400. The first kappa shape index (κ1) is 14.2. The number of carbonyl (C=O) groups excluding carboxylic acids is 1. The number of amides is 1. The maximum Gasteiger partial charge on any atom is 0.263 e. The van der Waals surface area contributed by atoms with Crippen molar-refractivity contribution in [2.24, 2.45) is 5.92 Å². The topological polar surface area (TPSA) is 66.9 Å². The lowest BCUT2D eigenvalue weighted by Gasteiger charge is -2.29. The van der Waals surface area contributed by atoms with Gasteiger partial charge in [-0.15, -0.1) is 11.3 Å². The minimum absolute atomic E-state index is 0.0217. The van der Waals surface area contributed by atoms with Crippen molar-refractivity contribution in [1.29, 1.82) is 0 Å². The van der Waals surface area contributed by atoms with E-state index in [1.165, 1.54) is 11.3 Å². The summed E-state index contributed by atoms with van der Waals surface area (Å²) in [5.41, 5.74) is 0.990. The molecule has 6 heteroatoms. The molecule has 2 atom stereocenters. The Morgan fingerprint density at radius 3 is 3.00 bits per heavy atom. The first-order valence-electron chi connectivity index (χ1n) is 7.12. The van der Waals surface area contributed by atoms with Crippen LogP contribution >= 0.6 is 11.3 Å². The summed E-state index contributed by atoms with van der Waals surface area (Å²) in [7, 11) is 0. The third-order valence-corrected chi connectivity index (χ3v) is 4.80. The molecule has 1 aliphatic rings. The second-order valence-corrected chi connectivity index (χ2v) is 6.35. The van der Waals surface area contributed by atoms with Gasteiger partial charge in [0.25, 0.3) is 5.91 Å². The largest absolute Gasteiger partial charge is 0.348 e. The molecule has 1 fully saturated rings. The van der Waals surface area contributed by atoms with Crippen molar-refractivity contribution >= 4 is 17.2 Å². The fourth-order valence-electron chi connectivity index (χ4n) is 2.48. The van der Waals surface area contributed by atoms with Gasteiger partial charge in [0.1, 0.15) is 9.88 Å². The summed E-state index contributed by atoms with van der Waals surface area (Å²) in [6.07, 6.45) is 6.09. The van der Waals surface area contributed by atoms with Crippen LogP contribution in [0.3, 0.4) is 0 Å². The number of pyridine rings is 1. The first-order valence-corrected chi connectivity index (χ1v) is 7.93. The Hall–Kier alpha value is -1.79. The number of piperidine rings is 1. The highest BCUT2D eigenvalue weighted by Gasteiger charge is 2.23. The summed E-state index contributed by atoms with van der Waals surface area (Å²) in [6, 6.07) is 4.04. The van der Waals surface area contributed by atoms with Gasteiger partial charge in [0.2, 0.25) is 0 Å². The number of thiazole rings is 1. The fourth-order valence-corrected chi connectivity index (χ4v) is 3.30. The Morgan fingerprint density at radius 1 is 1.43 bits per heavy atom. The van der Waals surface area contributed by atoms with Crippen LogP contribution in [0.15, 0.2) is 30.7 Å². The van der Waals surface area contributed by atoms with Crippen molar-refractivity contribution < 1.29 is 4.79 Å². The van der Waals surface area contributed by atoms with E-state index < -0.39 is 0 Å². The number of hydrogen-bond donors (Lipinski definition) is 2. The highest BCUT2D eigenvalue weighted by molar-refractivity contribution is 7.16. The molecule has 2 unspecified atom stereocenters. The van der Waals surface area contributed by atoms with Crippen LogP contribution in [0.2, 0.25) is 0 Å². The van der Waals surface area contributed by atoms with Crippen LogP contribution in [0.4, 0.5) is 0 Å². The molecule has 1 saturated heterocycles. The van der Waals surface area contributed by atoms with Crippen molar-refractivity contribution in [3.05, 3.63) is 35.6 Å². The number of nitrogens with one attached hydrogen (secondary N) is 2. The highest BCUT2D eigenvalue weighted by atomic mass is 32.1. The van der Waals surface area contributed by atoms with Gasteiger partial charge in [0.05, 0.1) is 6.20 Å². The van der Waals surface area contributed by atoms with Crippen molar-refractivity contribution in [2.45, 2.75) is 19.4 Å². The maximum absolute atomic E-state index is 12.3. The van der Waals surface area contributed by atoms with E-state index in [1.807, 2.05) is 12.1 Å². The van der Waals surface area contributed by atoms with Crippen molar-refractivity contribution in [2.75, 3.05) is 13.1 Å². The van der Waals surface area contributed by atoms with Gasteiger partial charge in [-0.05, 0) is 37.6 Å². The van der Waals surface area contributed by atoms with E-state index in [1.54, 1.807) is 18.6 Å². The average molecular weight is 302 g/mol. The molecule has 2 aromatic heterocycles. The van der Waals surface area contributed by atoms with Crippen LogP contribution in [0.25, 0.3) is 10.6 Å². The van der Waals surface area contributed by atoms with Gasteiger partial charge in [0, 0.05) is 24.0 Å². The van der Waals surface area contributed by atoms with Gasteiger partial charge in [-0.3, -0.25) is 9.78 Å². The summed E-state index contributed by atoms with van der Waals surface area (Å²) in [6.45, 7) is 4.07. The lowest BCUT2D eigenvalue weighted by Crippen LogP contribution is -2.48. The molecule has 3 heterocycles. The Labute approximate surface area is 127 Å². The van der Waals surface area contributed by atoms with E-state index in [2.05, 4.69) is 27.5 Å². The van der Waals surface area contributed by atoms with Crippen LogP contribution in [0.5, 0.6) is 0 Å². The first-order chi connectivity index (χ1) is 10.2. The molecule has 2 aromatic rings. The zero-order chi connectivity index (χ0) is 14.7. The molecule has 21 heavy (non-hydrogen) atoms. The van der Waals surface area contributed by atoms with Crippen LogP contribution in [0, 0.1) is 5.92 Å². The third-order valence-electron chi connectivity index (χ3n) is 3.76. The van der Waals surface area contributed by atoms with E-state index in [4.69, 9.17) is 0 Å². The van der Waals surface area contributed by atoms with E-state index in [0.29, 0.717) is 10.8 Å². The van der Waals surface area contributed by atoms with E-state index in [9.17, 15) is 4.79 Å². The Bertz CT molecular complexity index is 613. The van der Waals surface area contributed by atoms with Crippen LogP contribution in [0.1, 0.15) is 23.0 Å². The quantitative estimate of drug-likeness (QED) is 0.909. The normalized spacial score (nSPS) is 22.0. The summed E-state index contributed by atoms with van der Waals surface area (Å²) >= 11 is 1.42. The van der Waals surface area contributed by atoms with E-state index >= 15 is 0 Å². The summed E-state index contributed by atoms with van der Waals surface area (Å²) in [4.78, 5) is 21.3. The van der Waals surface area contributed by atoms with Crippen molar-refractivity contribution in [3.63, 3.8) is 0 Å². The van der Waals surface area contributed by atoms with Crippen LogP contribution in [-0.4, -0.2) is 35.0 Å². The van der Waals surface area contributed by atoms with E-state index in [-0.39, 0.29) is 11.9 Å². The van der Waals surface area contributed by atoms with Crippen LogP contribution in [-0.2, 0) is 0 Å².